The fourth-order valence-electron chi connectivity index (χ4n) is 0.851. The molecule has 0 aromatic carbocycles. The van der Waals surface area contributed by atoms with Gasteiger partial charge in [-0.25, -0.2) is 5.90 Å². The van der Waals surface area contributed by atoms with Gasteiger partial charge in [0.15, 0.2) is 0 Å². The first-order valence-corrected chi connectivity index (χ1v) is 2.83. The van der Waals surface area contributed by atoms with Crippen LogP contribution < -0.4 is 5.90 Å². The van der Waals surface area contributed by atoms with E-state index < -0.39 is 0 Å². The van der Waals surface area contributed by atoms with E-state index in [0.29, 0.717) is 12.5 Å². The highest BCUT2D eigenvalue weighted by atomic mass is 16.6. The summed E-state index contributed by atoms with van der Waals surface area (Å²) in [6.45, 7) is 2.32. The molecular weight excluding hydrogens is 106 g/mol. The lowest BCUT2D eigenvalue weighted by atomic mass is 10.1. The second-order valence-corrected chi connectivity index (χ2v) is 2.06. The predicted octanol–water partition coefficient (Wildman–Crippen LogP) is -0.0868. The summed E-state index contributed by atoms with van der Waals surface area (Å²) in [6, 6.07) is 0. The van der Waals surface area contributed by atoms with Crippen LogP contribution in [0.15, 0.2) is 0 Å². The van der Waals surface area contributed by atoms with Gasteiger partial charge < -0.3 is 9.57 Å². The number of hydrogen-bond acceptors (Lipinski definition) is 3. The highest BCUT2D eigenvalue weighted by Gasteiger charge is 2.14. The monoisotopic (exact) mass is 117 g/mol. The maximum atomic E-state index is 5.07. The van der Waals surface area contributed by atoms with Gasteiger partial charge in [-0.2, -0.15) is 0 Å². The van der Waals surface area contributed by atoms with Crippen molar-refractivity contribution in [2.24, 2.45) is 11.8 Å². The van der Waals surface area contributed by atoms with E-state index in [9.17, 15) is 0 Å². The number of nitrogens with two attached hydrogens (primary N) is 1. The van der Waals surface area contributed by atoms with Crippen LogP contribution in [0.5, 0.6) is 0 Å². The summed E-state index contributed by atoms with van der Waals surface area (Å²) in [7, 11) is 0. The molecule has 1 aliphatic heterocycles. The van der Waals surface area contributed by atoms with E-state index in [2.05, 4.69) is 4.84 Å². The van der Waals surface area contributed by atoms with Crippen molar-refractivity contribution in [3.8, 4) is 0 Å². The molecule has 48 valence electrons. The van der Waals surface area contributed by atoms with E-state index in [-0.39, 0.29) is 0 Å². The summed E-state index contributed by atoms with van der Waals surface area (Å²) < 4.78 is 5.07. The van der Waals surface area contributed by atoms with Gasteiger partial charge in [-0.05, 0) is 6.42 Å². The Morgan fingerprint density at radius 2 is 2.62 bits per heavy atom. The van der Waals surface area contributed by atoms with Crippen LogP contribution in [-0.2, 0) is 9.57 Å². The Kier molecular flexibility index (Phi) is 2.27. The SMILES string of the molecule is NOC[C@H]1CCOC1. The zero-order valence-electron chi connectivity index (χ0n) is 4.80. The zero-order valence-corrected chi connectivity index (χ0v) is 4.80. The normalized spacial score (nSPS) is 28.9. The average Bonchev–Trinajstić information content (AvgIpc) is 2.19. The molecule has 8 heavy (non-hydrogen) atoms. The maximum absolute atomic E-state index is 5.07. The van der Waals surface area contributed by atoms with Crippen LogP contribution >= 0.6 is 0 Å². The largest absolute Gasteiger partial charge is 0.381 e. The van der Waals surface area contributed by atoms with Gasteiger partial charge in [-0.15, -0.1) is 0 Å². The molecule has 1 fully saturated rings. The molecule has 0 aliphatic carbocycles. The van der Waals surface area contributed by atoms with Crippen molar-refractivity contribution in [3.05, 3.63) is 0 Å². The molecule has 1 aliphatic rings. The zero-order chi connectivity index (χ0) is 5.82. The molecule has 1 rings (SSSR count). The van der Waals surface area contributed by atoms with E-state index in [1.165, 1.54) is 0 Å². The minimum absolute atomic E-state index is 0.542. The Bertz CT molecular complexity index is 61.4. The molecule has 1 heterocycles. The minimum Gasteiger partial charge on any atom is -0.381 e. The van der Waals surface area contributed by atoms with E-state index >= 15 is 0 Å². The maximum Gasteiger partial charge on any atom is 0.0730 e. The Labute approximate surface area is 48.7 Å². The van der Waals surface area contributed by atoms with Crippen LogP contribution in [0.4, 0.5) is 0 Å². The van der Waals surface area contributed by atoms with Crippen molar-refractivity contribution in [1.29, 1.82) is 0 Å². The van der Waals surface area contributed by atoms with Crippen molar-refractivity contribution in [2.75, 3.05) is 19.8 Å². The first-order valence-electron chi connectivity index (χ1n) is 2.83. The molecule has 0 bridgehead atoms. The Morgan fingerprint density at radius 1 is 1.75 bits per heavy atom. The topological polar surface area (TPSA) is 44.5 Å². The van der Waals surface area contributed by atoms with Crippen LogP contribution in [0.1, 0.15) is 6.42 Å². The molecule has 3 heteroatoms. The van der Waals surface area contributed by atoms with Crippen LogP contribution in [0.2, 0.25) is 0 Å². The fourth-order valence-corrected chi connectivity index (χ4v) is 0.851. The van der Waals surface area contributed by atoms with E-state index in [1.54, 1.807) is 0 Å². The lowest BCUT2D eigenvalue weighted by molar-refractivity contribution is 0.0911. The van der Waals surface area contributed by atoms with Crippen LogP contribution in [0.3, 0.4) is 0 Å². The van der Waals surface area contributed by atoms with Crippen LogP contribution in [-0.4, -0.2) is 19.8 Å². The first kappa shape index (κ1) is 6.01. The Balaban J connectivity index is 2.06. The van der Waals surface area contributed by atoms with Gasteiger partial charge in [-0.1, -0.05) is 0 Å². The highest BCUT2D eigenvalue weighted by Crippen LogP contribution is 2.10. The van der Waals surface area contributed by atoms with Gasteiger partial charge in [0.25, 0.3) is 0 Å². The lowest BCUT2D eigenvalue weighted by Crippen LogP contribution is -2.12. The van der Waals surface area contributed by atoms with Gasteiger partial charge >= 0.3 is 0 Å². The molecule has 0 aromatic rings. The number of rotatable bonds is 2. The number of hydrogen-bond donors (Lipinski definition) is 1. The predicted molar refractivity (Wildman–Crippen MR) is 29.1 cm³/mol. The van der Waals surface area contributed by atoms with Crippen molar-refractivity contribution in [1.82, 2.24) is 0 Å². The van der Waals surface area contributed by atoms with E-state index in [1.807, 2.05) is 0 Å². The summed E-state index contributed by atoms with van der Waals surface area (Å²) in [6.07, 6.45) is 1.09. The summed E-state index contributed by atoms with van der Waals surface area (Å²) in [5, 5.41) is 0. The molecular formula is C5H11NO2. The van der Waals surface area contributed by atoms with E-state index in [4.69, 9.17) is 10.6 Å². The second kappa shape index (κ2) is 3.02. The highest BCUT2D eigenvalue weighted by molar-refractivity contribution is 4.61. The average molecular weight is 117 g/mol. The molecule has 0 unspecified atom stereocenters. The van der Waals surface area contributed by atoms with Crippen LogP contribution in [0.25, 0.3) is 0 Å². The number of ether oxygens (including phenoxy) is 1. The van der Waals surface area contributed by atoms with Gasteiger partial charge in [0.05, 0.1) is 13.2 Å². The molecule has 1 saturated heterocycles. The molecule has 0 spiro atoms. The molecule has 2 N–H and O–H groups in total. The molecule has 0 amide bonds. The first-order chi connectivity index (χ1) is 3.93. The summed E-state index contributed by atoms with van der Waals surface area (Å²) in [4.78, 5) is 4.45. The van der Waals surface area contributed by atoms with Crippen molar-refractivity contribution >= 4 is 0 Å². The summed E-state index contributed by atoms with van der Waals surface area (Å²) in [5.74, 6) is 5.39. The van der Waals surface area contributed by atoms with Gasteiger partial charge in [0, 0.05) is 12.5 Å². The van der Waals surface area contributed by atoms with E-state index in [0.717, 1.165) is 19.6 Å². The molecule has 1 atom stereocenters. The van der Waals surface area contributed by atoms with Crippen LogP contribution in [0, 0.1) is 5.92 Å². The van der Waals surface area contributed by atoms with Gasteiger partial charge in [0.2, 0.25) is 0 Å². The van der Waals surface area contributed by atoms with Crippen molar-refractivity contribution in [2.45, 2.75) is 6.42 Å². The third kappa shape index (κ3) is 1.43. The quantitative estimate of drug-likeness (QED) is 0.514. The standard InChI is InChI=1S/C5H11NO2/c6-8-4-5-1-2-7-3-5/h5H,1-4,6H2/t5-/m0/s1. The molecule has 0 radical (unpaired) electrons. The smallest absolute Gasteiger partial charge is 0.0730 e. The van der Waals surface area contributed by atoms with Gasteiger partial charge in [0.1, 0.15) is 0 Å². The van der Waals surface area contributed by atoms with Crippen molar-refractivity contribution < 1.29 is 9.57 Å². The summed E-state index contributed by atoms with van der Waals surface area (Å²) in [5.41, 5.74) is 0. The third-order valence-corrected chi connectivity index (χ3v) is 1.36. The lowest BCUT2D eigenvalue weighted by Gasteiger charge is -2.01. The van der Waals surface area contributed by atoms with Gasteiger partial charge in [-0.3, -0.25) is 0 Å². The Hall–Kier alpha value is -0.120. The minimum atomic E-state index is 0.542. The summed E-state index contributed by atoms with van der Waals surface area (Å²) >= 11 is 0. The molecule has 0 aromatic heterocycles. The van der Waals surface area contributed by atoms with Crippen molar-refractivity contribution in [3.63, 3.8) is 0 Å². The molecule has 3 nitrogen and oxygen atoms in total. The fraction of sp³-hybridized carbons (Fsp3) is 1.00. The third-order valence-electron chi connectivity index (χ3n) is 1.36. The Morgan fingerprint density at radius 3 is 3.12 bits per heavy atom. The molecule has 0 saturated carbocycles. The second-order valence-electron chi connectivity index (χ2n) is 2.06.